The first kappa shape index (κ1) is 14.9. The molecule has 0 saturated heterocycles. The number of carboxylic acid groups (broad SMARTS) is 1. The highest BCUT2D eigenvalue weighted by atomic mass is 35.5. The molecule has 4 nitrogen and oxygen atoms in total. The first-order valence-corrected chi connectivity index (χ1v) is 6.06. The standard InChI is InChI=1S/C14H8ClF2NO3/c15-10-6-7(4-5-8(10)14(20)21)18-13(19)9-2-1-3-11(16)12(9)17/h1-6H,(H,18,19)(H,20,21). The van der Waals surface area contributed by atoms with Crippen molar-refractivity contribution in [3.8, 4) is 0 Å². The summed E-state index contributed by atoms with van der Waals surface area (Å²) in [5, 5.41) is 11.0. The van der Waals surface area contributed by atoms with E-state index in [1.165, 1.54) is 24.3 Å². The van der Waals surface area contributed by atoms with Gasteiger partial charge in [-0.25, -0.2) is 13.6 Å². The van der Waals surface area contributed by atoms with Crippen LogP contribution in [0.5, 0.6) is 0 Å². The number of carbonyl (C=O) groups excluding carboxylic acids is 1. The highest BCUT2D eigenvalue weighted by Crippen LogP contribution is 2.22. The number of rotatable bonds is 3. The van der Waals surface area contributed by atoms with Crippen molar-refractivity contribution in [3.05, 3.63) is 64.2 Å². The Bertz CT molecular complexity index is 734. The van der Waals surface area contributed by atoms with Gasteiger partial charge in [-0.05, 0) is 30.3 Å². The van der Waals surface area contributed by atoms with Gasteiger partial charge in [0.2, 0.25) is 0 Å². The van der Waals surface area contributed by atoms with E-state index < -0.39 is 29.1 Å². The van der Waals surface area contributed by atoms with Gasteiger partial charge in [-0.15, -0.1) is 0 Å². The number of nitrogens with one attached hydrogen (secondary N) is 1. The molecule has 2 aromatic rings. The van der Waals surface area contributed by atoms with E-state index in [2.05, 4.69) is 5.32 Å². The molecule has 2 aromatic carbocycles. The molecule has 108 valence electrons. The summed E-state index contributed by atoms with van der Waals surface area (Å²) >= 11 is 5.74. The minimum Gasteiger partial charge on any atom is -0.478 e. The van der Waals surface area contributed by atoms with Crippen LogP contribution in [-0.2, 0) is 0 Å². The fourth-order valence-corrected chi connectivity index (χ4v) is 1.91. The second kappa shape index (κ2) is 5.88. The summed E-state index contributed by atoms with van der Waals surface area (Å²) in [7, 11) is 0. The van der Waals surface area contributed by atoms with Crippen LogP contribution in [0.15, 0.2) is 36.4 Å². The lowest BCUT2D eigenvalue weighted by molar-refractivity contribution is 0.0697. The maximum atomic E-state index is 13.5. The minimum atomic E-state index is -1.26. The topological polar surface area (TPSA) is 66.4 Å². The molecule has 0 radical (unpaired) electrons. The largest absolute Gasteiger partial charge is 0.478 e. The van der Waals surface area contributed by atoms with Crippen LogP contribution in [0, 0.1) is 11.6 Å². The molecule has 21 heavy (non-hydrogen) atoms. The van der Waals surface area contributed by atoms with Crippen molar-refractivity contribution in [1.29, 1.82) is 0 Å². The lowest BCUT2D eigenvalue weighted by atomic mass is 10.1. The molecule has 0 aliphatic carbocycles. The lowest BCUT2D eigenvalue weighted by Crippen LogP contribution is -2.14. The summed E-state index contributed by atoms with van der Waals surface area (Å²) < 4.78 is 26.5. The Morgan fingerprint density at radius 1 is 1.10 bits per heavy atom. The Kier molecular flexibility index (Phi) is 4.18. The molecule has 0 saturated carbocycles. The summed E-state index contributed by atoms with van der Waals surface area (Å²) in [6.07, 6.45) is 0. The van der Waals surface area contributed by atoms with Crippen LogP contribution >= 0.6 is 11.6 Å². The fourth-order valence-electron chi connectivity index (χ4n) is 1.64. The van der Waals surface area contributed by atoms with Crippen LogP contribution < -0.4 is 5.32 Å². The van der Waals surface area contributed by atoms with E-state index in [-0.39, 0.29) is 16.3 Å². The number of benzene rings is 2. The van der Waals surface area contributed by atoms with Crippen molar-refractivity contribution in [2.45, 2.75) is 0 Å². The van der Waals surface area contributed by atoms with Crippen molar-refractivity contribution in [2.75, 3.05) is 5.32 Å². The molecule has 0 fully saturated rings. The van der Waals surface area contributed by atoms with Crippen molar-refractivity contribution in [2.24, 2.45) is 0 Å². The van der Waals surface area contributed by atoms with Crippen LogP contribution in [0.2, 0.25) is 5.02 Å². The van der Waals surface area contributed by atoms with Crippen molar-refractivity contribution >= 4 is 29.2 Å². The first-order chi connectivity index (χ1) is 9.90. The Labute approximate surface area is 123 Å². The van der Waals surface area contributed by atoms with Gasteiger partial charge in [0.25, 0.3) is 5.91 Å². The van der Waals surface area contributed by atoms with E-state index in [4.69, 9.17) is 16.7 Å². The number of aromatic carboxylic acids is 1. The normalized spacial score (nSPS) is 10.2. The molecule has 2 rings (SSSR count). The third kappa shape index (κ3) is 3.17. The van der Waals surface area contributed by atoms with Crippen molar-refractivity contribution in [1.82, 2.24) is 0 Å². The average molecular weight is 312 g/mol. The van der Waals surface area contributed by atoms with Gasteiger partial charge in [-0.1, -0.05) is 17.7 Å². The Morgan fingerprint density at radius 2 is 1.81 bits per heavy atom. The highest BCUT2D eigenvalue weighted by molar-refractivity contribution is 6.33. The van der Waals surface area contributed by atoms with Crippen molar-refractivity contribution < 1.29 is 23.5 Å². The van der Waals surface area contributed by atoms with Gasteiger partial charge in [-0.2, -0.15) is 0 Å². The smallest absolute Gasteiger partial charge is 0.337 e. The summed E-state index contributed by atoms with van der Waals surface area (Å²) in [4.78, 5) is 22.6. The Hall–Kier alpha value is -2.47. The third-order valence-electron chi connectivity index (χ3n) is 2.65. The predicted molar refractivity (Wildman–Crippen MR) is 72.7 cm³/mol. The number of carboxylic acids is 1. The highest BCUT2D eigenvalue weighted by Gasteiger charge is 2.16. The van der Waals surface area contributed by atoms with Crippen LogP contribution in [0.3, 0.4) is 0 Å². The first-order valence-electron chi connectivity index (χ1n) is 5.68. The summed E-state index contributed by atoms with van der Waals surface area (Å²) in [6, 6.07) is 6.92. The minimum absolute atomic E-state index is 0.0833. The second-order valence-corrected chi connectivity index (χ2v) is 4.46. The number of carbonyl (C=O) groups is 2. The fraction of sp³-hybridized carbons (Fsp3) is 0. The van der Waals surface area contributed by atoms with Gasteiger partial charge < -0.3 is 10.4 Å². The molecule has 0 aromatic heterocycles. The second-order valence-electron chi connectivity index (χ2n) is 4.06. The van der Waals surface area contributed by atoms with E-state index in [0.717, 1.165) is 12.1 Å². The van der Waals surface area contributed by atoms with Crippen LogP contribution in [0.1, 0.15) is 20.7 Å². The summed E-state index contributed by atoms with van der Waals surface area (Å²) in [5.74, 6) is -4.48. The molecule has 0 unspecified atom stereocenters. The monoisotopic (exact) mass is 311 g/mol. The Morgan fingerprint density at radius 3 is 2.43 bits per heavy atom. The predicted octanol–water partition coefficient (Wildman–Crippen LogP) is 3.57. The van der Waals surface area contributed by atoms with Gasteiger partial charge >= 0.3 is 5.97 Å². The number of anilines is 1. The van der Waals surface area contributed by atoms with Gasteiger partial charge in [0.1, 0.15) is 0 Å². The molecule has 0 aliphatic heterocycles. The number of amides is 1. The molecular formula is C14H8ClF2NO3. The van der Waals surface area contributed by atoms with Gasteiger partial charge in [0.05, 0.1) is 16.1 Å². The molecule has 0 bridgehead atoms. The summed E-state index contributed by atoms with van der Waals surface area (Å²) in [6.45, 7) is 0. The van der Waals surface area contributed by atoms with E-state index in [9.17, 15) is 18.4 Å². The zero-order chi connectivity index (χ0) is 15.6. The van der Waals surface area contributed by atoms with Crippen LogP contribution in [0.25, 0.3) is 0 Å². The molecule has 0 heterocycles. The van der Waals surface area contributed by atoms with E-state index in [1.807, 2.05) is 0 Å². The molecule has 0 aliphatic rings. The number of hydrogen-bond acceptors (Lipinski definition) is 2. The van der Waals surface area contributed by atoms with E-state index >= 15 is 0 Å². The quantitative estimate of drug-likeness (QED) is 0.910. The zero-order valence-corrected chi connectivity index (χ0v) is 11.1. The number of halogens is 3. The number of hydrogen-bond donors (Lipinski definition) is 2. The van der Waals surface area contributed by atoms with E-state index in [0.29, 0.717) is 0 Å². The molecular weight excluding hydrogens is 304 g/mol. The lowest BCUT2D eigenvalue weighted by Gasteiger charge is -2.08. The van der Waals surface area contributed by atoms with Crippen LogP contribution in [0.4, 0.5) is 14.5 Å². The SMILES string of the molecule is O=C(O)c1ccc(NC(=O)c2cccc(F)c2F)cc1Cl. The third-order valence-corrected chi connectivity index (χ3v) is 2.97. The van der Waals surface area contributed by atoms with Gasteiger partial charge in [-0.3, -0.25) is 4.79 Å². The van der Waals surface area contributed by atoms with E-state index in [1.54, 1.807) is 0 Å². The molecule has 2 N–H and O–H groups in total. The van der Waals surface area contributed by atoms with Gasteiger partial charge in [0, 0.05) is 5.69 Å². The molecule has 0 spiro atoms. The molecule has 1 amide bonds. The van der Waals surface area contributed by atoms with Crippen molar-refractivity contribution in [3.63, 3.8) is 0 Å². The Balaban J connectivity index is 2.26. The zero-order valence-electron chi connectivity index (χ0n) is 10.4. The molecule has 7 heteroatoms. The molecule has 0 atom stereocenters. The van der Waals surface area contributed by atoms with Crippen LogP contribution in [-0.4, -0.2) is 17.0 Å². The van der Waals surface area contributed by atoms with Gasteiger partial charge in [0.15, 0.2) is 11.6 Å². The average Bonchev–Trinajstić information content (AvgIpc) is 2.41. The maximum Gasteiger partial charge on any atom is 0.337 e. The summed E-state index contributed by atoms with van der Waals surface area (Å²) in [5.41, 5.74) is -0.432. The maximum absolute atomic E-state index is 13.5.